The van der Waals surface area contributed by atoms with E-state index in [0.29, 0.717) is 6.04 Å². The fourth-order valence-corrected chi connectivity index (χ4v) is 2.71. The highest BCUT2D eigenvalue weighted by atomic mass is 15.1. The van der Waals surface area contributed by atoms with Gasteiger partial charge in [0.25, 0.3) is 0 Å². The zero-order valence-electron chi connectivity index (χ0n) is 12.6. The van der Waals surface area contributed by atoms with E-state index in [1.807, 2.05) is 12.4 Å². The third-order valence-electron chi connectivity index (χ3n) is 4.09. The van der Waals surface area contributed by atoms with E-state index in [1.54, 1.807) is 0 Å². The minimum Gasteiger partial charge on any atom is -0.338 e. The van der Waals surface area contributed by atoms with Gasteiger partial charge in [-0.25, -0.2) is 4.98 Å². The number of rotatable bonds is 6. The van der Waals surface area contributed by atoms with Gasteiger partial charge in [-0.15, -0.1) is 0 Å². The molecule has 1 saturated heterocycles. The summed E-state index contributed by atoms with van der Waals surface area (Å²) in [5.41, 5.74) is 0. The van der Waals surface area contributed by atoms with Crippen LogP contribution in [0.5, 0.6) is 0 Å². The zero-order chi connectivity index (χ0) is 13.7. The second-order valence-corrected chi connectivity index (χ2v) is 6.05. The Hall–Kier alpha value is -0.870. The van der Waals surface area contributed by atoms with Crippen molar-refractivity contribution in [1.29, 1.82) is 0 Å². The molecule has 2 heterocycles. The molecule has 0 unspecified atom stereocenters. The van der Waals surface area contributed by atoms with Gasteiger partial charge in [0.1, 0.15) is 5.82 Å². The van der Waals surface area contributed by atoms with Crippen LogP contribution < -0.4 is 5.32 Å². The van der Waals surface area contributed by atoms with Crippen LogP contribution in [0.15, 0.2) is 12.4 Å². The van der Waals surface area contributed by atoms with E-state index in [1.165, 1.54) is 38.3 Å². The SMILES string of the molecule is CC(C)NCC1CCN(CCc2nccn2C)CC1. The first-order chi connectivity index (χ1) is 9.15. The van der Waals surface area contributed by atoms with Gasteiger partial charge in [0.05, 0.1) is 0 Å². The molecule has 0 atom stereocenters. The van der Waals surface area contributed by atoms with Crippen LogP contribution in [0.1, 0.15) is 32.5 Å². The van der Waals surface area contributed by atoms with Crippen LogP contribution in [0.4, 0.5) is 0 Å². The molecule has 19 heavy (non-hydrogen) atoms. The van der Waals surface area contributed by atoms with Gasteiger partial charge in [-0.3, -0.25) is 0 Å². The summed E-state index contributed by atoms with van der Waals surface area (Å²) in [5, 5.41) is 3.56. The van der Waals surface area contributed by atoms with Crippen LogP contribution in [0.3, 0.4) is 0 Å². The van der Waals surface area contributed by atoms with Crippen molar-refractivity contribution in [3.63, 3.8) is 0 Å². The Bertz CT molecular complexity index is 364. The molecular formula is C15H28N4. The number of nitrogens with zero attached hydrogens (tertiary/aromatic N) is 3. The van der Waals surface area contributed by atoms with E-state index in [0.717, 1.165) is 18.9 Å². The molecule has 2 rings (SSSR count). The molecule has 0 radical (unpaired) electrons. The monoisotopic (exact) mass is 264 g/mol. The minimum absolute atomic E-state index is 0.612. The lowest BCUT2D eigenvalue weighted by molar-refractivity contribution is 0.181. The molecule has 0 aromatic carbocycles. The first kappa shape index (κ1) is 14.5. The van der Waals surface area contributed by atoms with E-state index >= 15 is 0 Å². The highest BCUT2D eigenvalue weighted by Gasteiger charge is 2.19. The third-order valence-corrected chi connectivity index (χ3v) is 4.09. The number of nitrogens with one attached hydrogen (secondary N) is 1. The average Bonchev–Trinajstić information content (AvgIpc) is 2.81. The molecule has 0 aliphatic carbocycles. The maximum atomic E-state index is 4.39. The summed E-state index contributed by atoms with van der Waals surface area (Å²) in [4.78, 5) is 6.97. The van der Waals surface area contributed by atoms with Crippen molar-refractivity contribution in [1.82, 2.24) is 19.8 Å². The highest BCUT2D eigenvalue weighted by Crippen LogP contribution is 2.16. The van der Waals surface area contributed by atoms with Gasteiger partial charge in [0.2, 0.25) is 0 Å². The Labute approximate surface area is 117 Å². The lowest BCUT2D eigenvalue weighted by Gasteiger charge is -2.32. The van der Waals surface area contributed by atoms with E-state index in [-0.39, 0.29) is 0 Å². The number of likely N-dealkylation sites (tertiary alicyclic amines) is 1. The lowest BCUT2D eigenvalue weighted by atomic mass is 9.96. The molecule has 1 aromatic rings. The van der Waals surface area contributed by atoms with Crippen LogP contribution in [-0.2, 0) is 13.5 Å². The minimum atomic E-state index is 0.612. The molecule has 108 valence electrons. The fourth-order valence-electron chi connectivity index (χ4n) is 2.71. The molecule has 1 aromatic heterocycles. The molecule has 1 N–H and O–H groups in total. The Morgan fingerprint density at radius 3 is 2.68 bits per heavy atom. The number of aromatic nitrogens is 2. The summed E-state index contributed by atoms with van der Waals surface area (Å²) in [6.07, 6.45) is 7.65. The molecule has 1 fully saturated rings. The van der Waals surface area contributed by atoms with Crippen LogP contribution in [-0.4, -0.2) is 46.7 Å². The van der Waals surface area contributed by atoms with Crippen molar-refractivity contribution in [2.45, 2.75) is 39.2 Å². The van der Waals surface area contributed by atoms with Gasteiger partial charge < -0.3 is 14.8 Å². The number of hydrogen-bond donors (Lipinski definition) is 1. The lowest BCUT2D eigenvalue weighted by Crippen LogP contribution is -2.39. The van der Waals surface area contributed by atoms with Crippen molar-refractivity contribution in [3.8, 4) is 0 Å². The fraction of sp³-hybridized carbons (Fsp3) is 0.800. The van der Waals surface area contributed by atoms with Gasteiger partial charge in [-0.05, 0) is 38.4 Å². The number of imidazole rings is 1. The van der Waals surface area contributed by atoms with E-state index in [9.17, 15) is 0 Å². The molecular weight excluding hydrogens is 236 g/mol. The molecule has 1 aliphatic heterocycles. The van der Waals surface area contributed by atoms with Crippen molar-refractivity contribution >= 4 is 0 Å². The van der Waals surface area contributed by atoms with Gasteiger partial charge in [0.15, 0.2) is 0 Å². The molecule has 0 spiro atoms. The Balaban J connectivity index is 1.65. The summed E-state index contributed by atoms with van der Waals surface area (Å²) in [7, 11) is 2.08. The first-order valence-electron chi connectivity index (χ1n) is 7.57. The smallest absolute Gasteiger partial charge is 0.109 e. The van der Waals surface area contributed by atoms with Crippen molar-refractivity contribution < 1.29 is 0 Å². The molecule has 0 amide bonds. The molecule has 0 saturated carbocycles. The summed E-state index contributed by atoms with van der Waals surface area (Å²) >= 11 is 0. The van der Waals surface area contributed by atoms with E-state index in [2.05, 4.69) is 40.7 Å². The topological polar surface area (TPSA) is 33.1 Å². The molecule has 4 heteroatoms. The third kappa shape index (κ3) is 4.62. The van der Waals surface area contributed by atoms with Gasteiger partial charge >= 0.3 is 0 Å². The Kier molecular flexibility index (Phi) is 5.40. The maximum absolute atomic E-state index is 4.39. The van der Waals surface area contributed by atoms with Gasteiger partial charge in [-0.2, -0.15) is 0 Å². The predicted molar refractivity (Wildman–Crippen MR) is 79.2 cm³/mol. The summed E-state index contributed by atoms with van der Waals surface area (Å²) in [5.74, 6) is 2.07. The normalized spacial score (nSPS) is 18.3. The number of piperidine rings is 1. The van der Waals surface area contributed by atoms with Crippen molar-refractivity contribution in [3.05, 3.63) is 18.2 Å². The van der Waals surface area contributed by atoms with Gasteiger partial charge in [-0.1, -0.05) is 13.8 Å². The summed E-state index contributed by atoms with van der Waals surface area (Å²) in [6.45, 7) is 9.27. The molecule has 1 aliphatic rings. The number of hydrogen-bond acceptors (Lipinski definition) is 3. The van der Waals surface area contributed by atoms with Crippen LogP contribution in [0.25, 0.3) is 0 Å². The zero-order valence-corrected chi connectivity index (χ0v) is 12.6. The first-order valence-corrected chi connectivity index (χ1v) is 7.57. The highest BCUT2D eigenvalue weighted by molar-refractivity contribution is 4.92. The predicted octanol–water partition coefficient (Wildman–Crippen LogP) is 1.67. The van der Waals surface area contributed by atoms with Crippen LogP contribution >= 0.6 is 0 Å². The standard InChI is InChI=1S/C15H28N4/c1-13(2)17-12-14-4-8-19(9-5-14)10-6-15-16-7-11-18(15)3/h7,11,13-14,17H,4-6,8-10,12H2,1-3H3. The van der Waals surface area contributed by atoms with Crippen LogP contribution in [0.2, 0.25) is 0 Å². The molecule has 0 bridgehead atoms. The maximum Gasteiger partial charge on any atom is 0.109 e. The van der Waals surface area contributed by atoms with Crippen molar-refractivity contribution in [2.24, 2.45) is 13.0 Å². The quantitative estimate of drug-likeness (QED) is 0.848. The Morgan fingerprint density at radius 1 is 1.37 bits per heavy atom. The second-order valence-electron chi connectivity index (χ2n) is 6.05. The summed E-state index contributed by atoms with van der Waals surface area (Å²) < 4.78 is 2.12. The number of aryl methyl sites for hydroxylation is 1. The molecule has 4 nitrogen and oxygen atoms in total. The van der Waals surface area contributed by atoms with E-state index < -0.39 is 0 Å². The van der Waals surface area contributed by atoms with Crippen molar-refractivity contribution in [2.75, 3.05) is 26.2 Å². The Morgan fingerprint density at radius 2 is 2.11 bits per heavy atom. The largest absolute Gasteiger partial charge is 0.338 e. The van der Waals surface area contributed by atoms with Crippen LogP contribution in [0, 0.1) is 5.92 Å². The van der Waals surface area contributed by atoms with E-state index in [4.69, 9.17) is 0 Å². The van der Waals surface area contributed by atoms with Gasteiger partial charge in [0, 0.05) is 38.4 Å². The average molecular weight is 264 g/mol. The summed E-state index contributed by atoms with van der Waals surface area (Å²) in [6, 6.07) is 0.612. The second kappa shape index (κ2) is 7.06.